The summed E-state index contributed by atoms with van der Waals surface area (Å²) in [6.45, 7) is 4.69. The number of benzene rings is 1. The summed E-state index contributed by atoms with van der Waals surface area (Å²) in [6.07, 6.45) is 3.85. The Balaban J connectivity index is 2.10. The van der Waals surface area contributed by atoms with Crippen LogP contribution in [0.2, 0.25) is 0 Å². The predicted molar refractivity (Wildman–Crippen MR) is 83.3 cm³/mol. The first-order chi connectivity index (χ1) is 9.51. The minimum Gasteiger partial charge on any atom is -0.409 e. The predicted octanol–water partition coefficient (Wildman–Crippen LogP) is 3.04. The van der Waals surface area contributed by atoms with Crippen LogP contribution in [0.15, 0.2) is 29.4 Å². The number of rotatable bonds is 3. The minimum absolute atomic E-state index is 0.152. The normalized spacial score (nSPS) is 27.4. The van der Waals surface area contributed by atoms with Gasteiger partial charge in [-0.3, -0.25) is 0 Å². The molecule has 0 saturated heterocycles. The Kier molecular flexibility index (Phi) is 4.53. The average Bonchev–Trinajstić information content (AvgIpc) is 2.45. The summed E-state index contributed by atoms with van der Waals surface area (Å²) in [5.41, 5.74) is 7.52. The van der Waals surface area contributed by atoms with Crippen LogP contribution >= 0.6 is 0 Å². The van der Waals surface area contributed by atoms with Gasteiger partial charge in [0.2, 0.25) is 0 Å². The Morgan fingerprint density at radius 1 is 1.15 bits per heavy atom. The quantitative estimate of drug-likeness (QED) is 0.386. The number of hydrogen-bond donors (Lipinski definition) is 2. The third kappa shape index (κ3) is 3.24. The third-order valence-electron chi connectivity index (χ3n) is 4.38. The summed E-state index contributed by atoms with van der Waals surface area (Å²) >= 11 is 0. The molecule has 1 aromatic carbocycles. The molecule has 1 fully saturated rings. The van der Waals surface area contributed by atoms with Crippen LogP contribution in [0, 0.1) is 11.8 Å². The highest BCUT2D eigenvalue weighted by molar-refractivity contribution is 5.97. The first-order valence-corrected chi connectivity index (χ1v) is 7.32. The van der Waals surface area contributed by atoms with Crippen LogP contribution in [0.25, 0.3) is 0 Å². The van der Waals surface area contributed by atoms with E-state index in [1.54, 1.807) is 0 Å². The Bertz CT molecular complexity index is 459. The molecule has 110 valence electrons. The van der Waals surface area contributed by atoms with Crippen LogP contribution in [-0.2, 0) is 0 Å². The van der Waals surface area contributed by atoms with E-state index in [4.69, 9.17) is 10.9 Å². The summed E-state index contributed by atoms with van der Waals surface area (Å²) in [5.74, 6) is 1.74. The zero-order valence-electron chi connectivity index (χ0n) is 12.6. The van der Waals surface area contributed by atoms with Gasteiger partial charge in [0, 0.05) is 24.3 Å². The lowest BCUT2D eigenvalue weighted by atomic mass is 9.80. The number of hydrogen-bond acceptors (Lipinski definition) is 3. The number of anilines is 1. The Labute approximate surface area is 121 Å². The number of oxime groups is 1. The molecule has 0 aromatic heterocycles. The molecule has 0 bridgehead atoms. The zero-order valence-corrected chi connectivity index (χ0v) is 12.6. The van der Waals surface area contributed by atoms with E-state index < -0.39 is 0 Å². The van der Waals surface area contributed by atoms with Crippen molar-refractivity contribution in [2.45, 2.75) is 39.2 Å². The molecule has 0 amide bonds. The highest BCUT2D eigenvalue weighted by atomic mass is 16.4. The molecule has 4 nitrogen and oxygen atoms in total. The monoisotopic (exact) mass is 275 g/mol. The second kappa shape index (κ2) is 6.16. The van der Waals surface area contributed by atoms with Gasteiger partial charge in [-0.1, -0.05) is 19.0 Å². The Morgan fingerprint density at radius 3 is 2.20 bits per heavy atom. The van der Waals surface area contributed by atoms with Gasteiger partial charge in [0.25, 0.3) is 0 Å². The van der Waals surface area contributed by atoms with Crippen LogP contribution in [0.3, 0.4) is 0 Å². The van der Waals surface area contributed by atoms with E-state index in [1.807, 2.05) is 24.3 Å². The van der Waals surface area contributed by atoms with E-state index in [9.17, 15) is 0 Å². The van der Waals surface area contributed by atoms with Gasteiger partial charge in [-0.15, -0.1) is 0 Å². The van der Waals surface area contributed by atoms with E-state index in [2.05, 4.69) is 31.0 Å². The molecule has 1 aliphatic rings. The molecule has 20 heavy (non-hydrogen) atoms. The molecule has 0 radical (unpaired) electrons. The third-order valence-corrected chi connectivity index (χ3v) is 4.38. The van der Waals surface area contributed by atoms with Crippen molar-refractivity contribution in [3.8, 4) is 0 Å². The topological polar surface area (TPSA) is 61.8 Å². The maximum atomic E-state index is 8.68. The van der Waals surface area contributed by atoms with E-state index >= 15 is 0 Å². The summed E-state index contributed by atoms with van der Waals surface area (Å²) in [5, 5.41) is 11.7. The SMILES string of the molecule is CC1CC(C)CC(N(C)c2ccc(C(N)=NO)cc2)C1. The standard InChI is InChI=1S/C16H25N3O/c1-11-8-12(2)10-15(9-11)19(3)14-6-4-13(5-7-14)16(17)18-20/h4-7,11-12,15,20H,8-10H2,1-3H3,(H2,17,18). The molecule has 2 rings (SSSR count). The number of nitrogens with zero attached hydrogens (tertiary/aromatic N) is 2. The molecule has 2 atom stereocenters. The Hall–Kier alpha value is -1.71. The van der Waals surface area contributed by atoms with Crippen molar-refractivity contribution >= 4 is 11.5 Å². The fourth-order valence-electron chi connectivity index (χ4n) is 3.36. The average molecular weight is 275 g/mol. The first-order valence-electron chi connectivity index (χ1n) is 7.32. The molecular formula is C16H25N3O. The lowest BCUT2D eigenvalue weighted by Gasteiger charge is -2.38. The molecule has 4 heteroatoms. The molecule has 3 N–H and O–H groups in total. The van der Waals surface area contributed by atoms with Crippen molar-refractivity contribution in [1.82, 2.24) is 0 Å². The zero-order chi connectivity index (χ0) is 14.7. The van der Waals surface area contributed by atoms with Crippen LogP contribution in [-0.4, -0.2) is 24.1 Å². The molecule has 1 saturated carbocycles. The molecule has 0 spiro atoms. The van der Waals surface area contributed by atoms with Gasteiger partial charge < -0.3 is 15.8 Å². The maximum Gasteiger partial charge on any atom is 0.170 e. The fraction of sp³-hybridized carbons (Fsp3) is 0.562. The largest absolute Gasteiger partial charge is 0.409 e. The molecule has 1 aromatic rings. The summed E-state index contributed by atoms with van der Waals surface area (Å²) < 4.78 is 0. The van der Waals surface area contributed by atoms with E-state index in [0.29, 0.717) is 6.04 Å². The summed E-state index contributed by atoms with van der Waals surface area (Å²) in [7, 11) is 2.16. The Morgan fingerprint density at radius 2 is 1.70 bits per heavy atom. The molecule has 0 aliphatic heterocycles. The summed E-state index contributed by atoms with van der Waals surface area (Å²) in [6, 6.07) is 8.48. The van der Waals surface area contributed by atoms with E-state index in [0.717, 1.165) is 17.4 Å². The van der Waals surface area contributed by atoms with Crippen molar-refractivity contribution < 1.29 is 5.21 Å². The van der Waals surface area contributed by atoms with Gasteiger partial charge >= 0.3 is 0 Å². The molecule has 0 heterocycles. The van der Waals surface area contributed by atoms with Crippen molar-refractivity contribution in [2.24, 2.45) is 22.7 Å². The maximum absolute atomic E-state index is 8.68. The summed E-state index contributed by atoms with van der Waals surface area (Å²) in [4.78, 5) is 2.36. The van der Waals surface area contributed by atoms with Gasteiger partial charge in [0.05, 0.1) is 0 Å². The van der Waals surface area contributed by atoms with Gasteiger partial charge in [-0.05, 0) is 55.4 Å². The van der Waals surface area contributed by atoms with Crippen LogP contribution in [0.5, 0.6) is 0 Å². The smallest absolute Gasteiger partial charge is 0.170 e. The highest BCUT2D eigenvalue weighted by Crippen LogP contribution is 2.33. The number of amidine groups is 1. The van der Waals surface area contributed by atoms with E-state index in [-0.39, 0.29) is 5.84 Å². The van der Waals surface area contributed by atoms with Crippen molar-refractivity contribution in [3.05, 3.63) is 29.8 Å². The van der Waals surface area contributed by atoms with Gasteiger partial charge in [-0.25, -0.2) is 0 Å². The van der Waals surface area contributed by atoms with Crippen molar-refractivity contribution in [3.63, 3.8) is 0 Å². The van der Waals surface area contributed by atoms with Crippen LogP contribution in [0.1, 0.15) is 38.7 Å². The van der Waals surface area contributed by atoms with E-state index in [1.165, 1.54) is 24.9 Å². The lowest BCUT2D eigenvalue weighted by molar-refractivity contribution is 0.264. The fourth-order valence-corrected chi connectivity index (χ4v) is 3.36. The van der Waals surface area contributed by atoms with Crippen molar-refractivity contribution in [2.75, 3.05) is 11.9 Å². The van der Waals surface area contributed by atoms with Crippen molar-refractivity contribution in [1.29, 1.82) is 0 Å². The van der Waals surface area contributed by atoms with Crippen LogP contribution < -0.4 is 10.6 Å². The van der Waals surface area contributed by atoms with Gasteiger partial charge in [0.1, 0.15) is 0 Å². The minimum atomic E-state index is 0.152. The van der Waals surface area contributed by atoms with Crippen LogP contribution in [0.4, 0.5) is 5.69 Å². The first kappa shape index (κ1) is 14.7. The number of nitrogens with two attached hydrogens (primary N) is 1. The van der Waals surface area contributed by atoms with Gasteiger partial charge in [-0.2, -0.15) is 0 Å². The molecule has 2 unspecified atom stereocenters. The second-order valence-electron chi connectivity index (χ2n) is 6.21. The lowest BCUT2D eigenvalue weighted by Crippen LogP contribution is -2.38. The van der Waals surface area contributed by atoms with Gasteiger partial charge in [0.15, 0.2) is 5.84 Å². The second-order valence-corrected chi connectivity index (χ2v) is 6.21. The highest BCUT2D eigenvalue weighted by Gasteiger charge is 2.26. The molecular weight excluding hydrogens is 250 g/mol. The molecule has 1 aliphatic carbocycles.